The monoisotopic (exact) mass is 453 g/mol. The second kappa shape index (κ2) is 10.2. The van der Waals surface area contributed by atoms with Crippen LogP contribution in [-0.4, -0.2) is 24.4 Å². The SMILES string of the molecule is O=C(CNc1ccc(Cl)c(C(=O)NC2CCCCC2)c1)Nc1cc(Cl)cc(Cl)c1. The minimum Gasteiger partial charge on any atom is -0.376 e. The van der Waals surface area contributed by atoms with Gasteiger partial charge in [-0.1, -0.05) is 54.1 Å². The van der Waals surface area contributed by atoms with E-state index in [0.717, 1.165) is 25.7 Å². The number of carbonyl (C=O) groups is 2. The molecule has 0 radical (unpaired) electrons. The third kappa shape index (κ3) is 6.53. The molecule has 0 heterocycles. The molecule has 0 spiro atoms. The summed E-state index contributed by atoms with van der Waals surface area (Å²) in [6.07, 6.45) is 5.47. The van der Waals surface area contributed by atoms with Crippen LogP contribution in [0, 0.1) is 0 Å². The molecule has 2 aromatic rings. The molecular weight excluding hydrogens is 433 g/mol. The lowest BCUT2D eigenvalue weighted by Gasteiger charge is -2.23. The molecule has 0 aliphatic heterocycles. The number of carbonyl (C=O) groups excluding carboxylic acids is 2. The van der Waals surface area contributed by atoms with E-state index in [1.807, 2.05) is 0 Å². The third-order valence-corrected chi connectivity index (χ3v) is 5.52. The summed E-state index contributed by atoms with van der Waals surface area (Å²) in [5, 5.41) is 10.0. The van der Waals surface area contributed by atoms with Gasteiger partial charge in [0.25, 0.3) is 5.91 Å². The maximum atomic E-state index is 12.6. The molecule has 3 rings (SSSR count). The minimum absolute atomic E-state index is 0.00937. The number of nitrogens with one attached hydrogen (secondary N) is 3. The van der Waals surface area contributed by atoms with Crippen molar-refractivity contribution in [3.63, 3.8) is 0 Å². The van der Waals surface area contributed by atoms with Crippen LogP contribution in [0.1, 0.15) is 42.5 Å². The molecule has 1 aliphatic rings. The van der Waals surface area contributed by atoms with Crippen molar-refractivity contribution < 1.29 is 9.59 Å². The van der Waals surface area contributed by atoms with E-state index in [2.05, 4.69) is 16.0 Å². The number of hydrogen-bond donors (Lipinski definition) is 3. The normalized spacial score (nSPS) is 14.3. The van der Waals surface area contributed by atoms with Crippen molar-refractivity contribution in [1.82, 2.24) is 5.32 Å². The highest BCUT2D eigenvalue weighted by Crippen LogP contribution is 2.24. The van der Waals surface area contributed by atoms with E-state index >= 15 is 0 Å². The predicted molar refractivity (Wildman–Crippen MR) is 119 cm³/mol. The van der Waals surface area contributed by atoms with Crippen molar-refractivity contribution in [3.05, 3.63) is 57.0 Å². The van der Waals surface area contributed by atoms with Crippen LogP contribution in [0.4, 0.5) is 11.4 Å². The topological polar surface area (TPSA) is 70.2 Å². The van der Waals surface area contributed by atoms with Crippen LogP contribution in [-0.2, 0) is 4.79 Å². The van der Waals surface area contributed by atoms with Gasteiger partial charge in [0, 0.05) is 27.5 Å². The van der Waals surface area contributed by atoms with E-state index in [0.29, 0.717) is 32.0 Å². The quantitative estimate of drug-likeness (QED) is 0.519. The fourth-order valence-corrected chi connectivity index (χ4v) is 4.06. The maximum Gasteiger partial charge on any atom is 0.253 e. The number of halogens is 3. The van der Waals surface area contributed by atoms with Crippen LogP contribution in [0.5, 0.6) is 0 Å². The third-order valence-electron chi connectivity index (χ3n) is 4.75. The highest BCUT2D eigenvalue weighted by Gasteiger charge is 2.18. The Morgan fingerprint density at radius 1 is 0.897 bits per heavy atom. The molecule has 0 aromatic heterocycles. The molecule has 2 amide bonds. The first-order chi connectivity index (χ1) is 13.9. The molecule has 5 nitrogen and oxygen atoms in total. The summed E-state index contributed by atoms with van der Waals surface area (Å²) in [6, 6.07) is 10.0. The summed E-state index contributed by atoms with van der Waals surface area (Å²) in [6.45, 7) is 0.00937. The zero-order valence-corrected chi connectivity index (χ0v) is 18.0. The lowest BCUT2D eigenvalue weighted by Crippen LogP contribution is -2.36. The van der Waals surface area contributed by atoms with Gasteiger partial charge in [-0.25, -0.2) is 0 Å². The highest BCUT2D eigenvalue weighted by atomic mass is 35.5. The Hall–Kier alpha value is -1.95. The van der Waals surface area contributed by atoms with Crippen molar-refractivity contribution in [1.29, 1.82) is 0 Å². The summed E-state index contributed by atoms with van der Waals surface area (Å²) in [5.41, 5.74) is 1.53. The highest BCUT2D eigenvalue weighted by molar-refractivity contribution is 6.35. The molecule has 1 saturated carbocycles. The molecule has 0 bridgehead atoms. The molecule has 154 valence electrons. The predicted octanol–water partition coefficient (Wildman–Crippen LogP) is 5.76. The van der Waals surface area contributed by atoms with E-state index in [1.165, 1.54) is 6.42 Å². The van der Waals surface area contributed by atoms with Gasteiger partial charge in [0.05, 0.1) is 17.1 Å². The summed E-state index contributed by atoms with van der Waals surface area (Å²) >= 11 is 18.1. The average Bonchev–Trinajstić information content (AvgIpc) is 2.67. The van der Waals surface area contributed by atoms with Crippen molar-refractivity contribution in [2.75, 3.05) is 17.2 Å². The van der Waals surface area contributed by atoms with Gasteiger partial charge in [-0.15, -0.1) is 0 Å². The van der Waals surface area contributed by atoms with Gasteiger partial charge in [0.2, 0.25) is 5.91 Å². The number of amides is 2. The Kier molecular flexibility index (Phi) is 7.64. The number of rotatable bonds is 6. The van der Waals surface area contributed by atoms with Crippen LogP contribution in [0.3, 0.4) is 0 Å². The number of benzene rings is 2. The van der Waals surface area contributed by atoms with E-state index in [-0.39, 0.29) is 24.4 Å². The molecule has 2 aromatic carbocycles. The van der Waals surface area contributed by atoms with E-state index < -0.39 is 0 Å². The Morgan fingerprint density at radius 2 is 1.59 bits per heavy atom. The second-order valence-corrected chi connectivity index (χ2v) is 8.34. The van der Waals surface area contributed by atoms with Gasteiger partial charge in [-0.2, -0.15) is 0 Å². The second-order valence-electron chi connectivity index (χ2n) is 7.06. The Labute approximate surface area is 185 Å². The summed E-state index contributed by atoms with van der Waals surface area (Å²) in [4.78, 5) is 24.8. The maximum absolute atomic E-state index is 12.6. The van der Waals surface area contributed by atoms with Crippen molar-refractivity contribution in [2.24, 2.45) is 0 Å². The molecule has 0 unspecified atom stereocenters. The van der Waals surface area contributed by atoms with Crippen LogP contribution in [0.2, 0.25) is 15.1 Å². The molecule has 1 fully saturated rings. The number of anilines is 2. The molecular formula is C21H22Cl3N3O2. The standard InChI is InChI=1S/C21H22Cl3N3O2/c22-13-8-14(23)10-17(9-13)26-20(28)12-25-16-6-7-19(24)18(11-16)21(29)27-15-4-2-1-3-5-15/h6-11,15,25H,1-5,12H2,(H,26,28)(H,27,29). The molecule has 1 aliphatic carbocycles. The zero-order valence-electron chi connectivity index (χ0n) is 15.7. The molecule has 0 saturated heterocycles. The summed E-state index contributed by atoms with van der Waals surface area (Å²) in [5.74, 6) is -0.463. The summed E-state index contributed by atoms with van der Waals surface area (Å²) < 4.78 is 0. The first kappa shape index (κ1) is 21.8. The fourth-order valence-electron chi connectivity index (χ4n) is 3.33. The average molecular weight is 455 g/mol. The van der Waals surface area contributed by atoms with E-state index in [1.54, 1.807) is 36.4 Å². The smallest absolute Gasteiger partial charge is 0.253 e. The summed E-state index contributed by atoms with van der Waals surface area (Å²) in [7, 11) is 0. The van der Waals surface area contributed by atoms with Crippen LogP contribution >= 0.6 is 34.8 Å². The van der Waals surface area contributed by atoms with E-state index in [9.17, 15) is 9.59 Å². The lowest BCUT2D eigenvalue weighted by molar-refractivity contribution is -0.114. The Balaban J connectivity index is 1.58. The van der Waals surface area contributed by atoms with Crippen LogP contribution in [0.15, 0.2) is 36.4 Å². The fraction of sp³-hybridized carbons (Fsp3) is 0.333. The largest absolute Gasteiger partial charge is 0.376 e. The zero-order chi connectivity index (χ0) is 20.8. The van der Waals surface area contributed by atoms with Gasteiger partial charge in [-0.3, -0.25) is 9.59 Å². The first-order valence-electron chi connectivity index (χ1n) is 9.51. The Bertz CT molecular complexity index is 878. The van der Waals surface area contributed by atoms with Crippen molar-refractivity contribution in [3.8, 4) is 0 Å². The van der Waals surface area contributed by atoms with E-state index in [4.69, 9.17) is 34.8 Å². The van der Waals surface area contributed by atoms with Gasteiger partial charge in [-0.05, 0) is 49.2 Å². The van der Waals surface area contributed by atoms with Crippen LogP contribution in [0.25, 0.3) is 0 Å². The molecule has 3 N–H and O–H groups in total. The van der Waals surface area contributed by atoms with Gasteiger partial charge >= 0.3 is 0 Å². The van der Waals surface area contributed by atoms with Crippen LogP contribution < -0.4 is 16.0 Å². The van der Waals surface area contributed by atoms with Gasteiger partial charge in [0.1, 0.15) is 0 Å². The molecule has 29 heavy (non-hydrogen) atoms. The van der Waals surface area contributed by atoms with Crippen molar-refractivity contribution >= 4 is 58.0 Å². The Morgan fingerprint density at radius 3 is 2.28 bits per heavy atom. The van der Waals surface area contributed by atoms with Gasteiger partial charge in [0.15, 0.2) is 0 Å². The minimum atomic E-state index is -0.272. The number of hydrogen-bond acceptors (Lipinski definition) is 3. The molecule has 8 heteroatoms. The first-order valence-corrected chi connectivity index (χ1v) is 10.6. The molecule has 0 atom stereocenters. The lowest BCUT2D eigenvalue weighted by atomic mass is 9.95. The van der Waals surface area contributed by atoms with Gasteiger partial charge < -0.3 is 16.0 Å². The van der Waals surface area contributed by atoms with Crippen molar-refractivity contribution in [2.45, 2.75) is 38.1 Å².